The minimum Gasteiger partial charge on any atom is -0.466 e. The van der Waals surface area contributed by atoms with E-state index in [0.717, 1.165) is 57.8 Å². The molecule has 0 aliphatic carbocycles. The summed E-state index contributed by atoms with van der Waals surface area (Å²) in [5.74, 6) is -0.0478. The van der Waals surface area contributed by atoms with E-state index in [9.17, 15) is 19.8 Å². The Hall–Kier alpha value is -1.66. The molecule has 71 heavy (non-hydrogen) atoms. The Morgan fingerprint density at radius 3 is 1.08 bits per heavy atom. The lowest BCUT2D eigenvalue weighted by Gasteiger charge is -2.22. The summed E-state index contributed by atoms with van der Waals surface area (Å²) in [7, 11) is 0. The lowest BCUT2D eigenvalue weighted by molar-refractivity contribution is -0.143. The fourth-order valence-electron chi connectivity index (χ4n) is 10.1. The fourth-order valence-corrected chi connectivity index (χ4v) is 10.1. The van der Waals surface area contributed by atoms with Crippen molar-refractivity contribution in [2.24, 2.45) is 0 Å². The summed E-state index contributed by atoms with van der Waals surface area (Å²) in [5, 5.41) is 23.4. The number of carbonyl (C=O) groups is 2. The van der Waals surface area contributed by atoms with Gasteiger partial charge in [-0.1, -0.05) is 308 Å². The van der Waals surface area contributed by atoms with Gasteiger partial charge in [0.25, 0.3) is 0 Å². The number of aliphatic hydroxyl groups excluding tert-OH is 2. The minimum atomic E-state index is -0.671. The number of amides is 1. The number of aliphatic hydroxyl groups is 2. The number of allylic oxidation sites excluding steroid dienone is 4. The molecular formula is C65H125NO5. The van der Waals surface area contributed by atoms with E-state index in [-0.39, 0.29) is 18.5 Å². The van der Waals surface area contributed by atoms with Crippen molar-refractivity contribution < 1.29 is 24.5 Å². The molecule has 0 bridgehead atoms. The van der Waals surface area contributed by atoms with E-state index in [1.165, 1.54) is 263 Å². The number of rotatable bonds is 60. The summed E-state index contributed by atoms with van der Waals surface area (Å²) in [6.45, 7) is 4.94. The summed E-state index contributed by atoms with van der Waals surface area (Å²) < 4.78 is 5.48. The summed E-state index contributed by atoms with van der Waals surface area (Å²) in [6.07, 6.45) is 74.7. The molecule has 2 atom stereocenters. The molecule has 0 heterocycles. The van der Waals surface area contributed by atoms with E-state index in [1.807, 2.05) is 0 Å². The molecule has 0 aromatic heterocycles. The number of unbranched alkanes of at least 4 members (excludes halogenated alkanes) is 45. The summed E-state index contributed by atoms with van der Waals surface area (Å²) in [6, 6.07) is -0.548. The third kappa shape index (κ3) is 57.5. The maximum Gasteiger partial charge on any atom is 0.305 e. The second-order valence-corrected chi connectivity index (χ2v) is 22.1. The van der Waals surface area contributed by atoms with Crippen LogP contribution in [-0.2, 0) is 14.3 Å². The van der Waals surface area contributed by atoms with E-state index in [4.69, 9.17) is 4.74 Å². The van der Waals surface area contributed by atoms with Crippen LogP contribution in [0.2, 0.25) is 0 Å². The van der Waals surface area contributed by atoms with Gasteiger partial charge in [0.1, 0.15) is 0 Å². The molecule has 0 spiro atoms. The summed E-state index contributed by atoms with van der Waals surface area (Å²) >= 11 is 0. The van der Waals surface area contributed by atoms with Crippen LogP contribution in [0.25, 0.3) is 0 Å². The van der Waals surface area contributed by atoms with Crippen LogP contribution < -0.4 is 5.32 Å². The standard InChI is InChI=1S/C65H125NO5/c1-3-5-7-9-11-13-15-17-19-21-22-23-24-25-26-29-33-37-41-45-49-53-57-63(68)62(61-67)66-64(69)58-54-50-46-42-38-34-30-27-28-32-36-40-44-48-52-56-60-71-65(70)59-55-51-47-43-39-35-31-20-18-16-14-12-10-8-6-4-2/h14,16,20,31,62-63,67-68H,3-13,15,17-19,21-30,32-61H2,1-2H3,(H,66,69)/b16-14-,31-20-. The van der Waals surface area contributed by atoms with Gasteiger partial charge >= 0.3 is 5.97 Å². The van der Waals surface area contributed by atoms with Crippen LogP contribution in [0.4, 0.5) is 0 Å². The van der Waals surface area contributed by atoms with E-state index >= 15 is 0 Å². The molecule has 0 aromatic carbocycles. The van der Waals surface area contributed by atoms with E-state index in [1.54, 1.807) is 0 Å². The Balaban J connectivity index is 3.42. The van der Waals surface area contributed by atoms with Gasteiger partial charge in [0.2, 0.25) is 5.91 Å². The molecule has 6 nitrogen and oxygen atoms in total. The van der Waals surface area contributed by atoms with Gasteiger partial charge in [0, 0.05) is 12.8 Å². The van der Waals surface area contributed by atoms with E-state index < -0.39 is 12.1 Å². The SMILES string of the molecule is CCCCCC/C=C\C/C=C\CCCCCCCC(=O)OCCCCCCCCCCCCCCCCCCC(=O)NC(CO)C(O)CCCCCCCCCCCCCCCCCCCCCCCC. The zero-order valence-electron chi connectivity index (χ0n) is 48.0. The van der Waals surface area contributed by atoms with Crippen LogP contribution >= 0.6 is 0 Å². The van der Waals surface area contributed by atoms with Gasteiger partial charge in [0.15, 0.2) is 0 Å². The first-order valence-electron chi connectivity index (χ1n) is 32.1. The normalized spacial score (nSPS) is 12.7. The monoisotopic (exact) mass is 1000 g/mol. The highest BCUT2D eigenvalue weighted by Gasteiger charge is 2.20. The van der Waals surface area contributed by atoms with Gasteiger partial charge in [-0.2, -0.15) is 0 Å². The smallest absolute Gasteiger partial charge is 0.305 e. The fraction of sp³-hybridized carbons (Fsp3) is 0.908. The van der Waals surface area contributed by atoms with Gasteiger partial charge < -0.3 is 20.3 Å². The molecule has 6 heteroatoms. The number of nitrogens with one attached hydrogen (secondary N) is 1. The number of ether oxygens (including phenoxy) is 1. The van der Waals surface area contributed by atoms with Crippen LogP contribution in [0.3, 0.4) is 0 Å². The van der Waals surface area contributed by atoms with Crippen molar-refractivity contribution in [1.29, 1.82) is 0 Å². The Kier molecular flexibility index (Phi) is 59.5. The average Bonchev–Trinajstić information content (AvgIpc) is 3.37. The zero-order valence-corrected chi connectivity index (χ0v) is 48.0. The molecule has 0 saturated heterocycles. The maximum absolute atomic E-state index is 12.5. The van der Waals surface area contributed by atoms with Gasteiger partial charge in [-0.3, -0.25) is 9.59 Å². The van der Waals surface area contributed by atoms with Crippen molar-refractivity contribution in [3.63, 3.8) is 0 Å². The predicted octanol–water partition coefficient (Wildman–Crippen LogP) is 20.2. The van der Waals surface area contributed by atoms with Crippen LogP contribution in [-0.4, -0.2) is 47.4 Å². The molecule has 0 aromatic rings. The van der Waals surface area contributed by atoms with Crippen molar-refractivity contribution >= 4 is 11.9 Å². The first-order valence-corrected chi connectivity index (χ1v) is 32.1. The maximum atomic E-state index is 12.5. The second kappa shape index (κ2) is 60.9. The van der Waals surface area contributed by atoms with Crippen LogP contribution in [0.15, 0.2) is 24.3 Å². The van der Waals surface area contributed by atoms with Crippen molar-refractivity contribution in [3.05, 3.63) is 24.3 Å². The molecule has 0 rings (SSSR count). The van der Waals surface area contributed by atoms with Gasteiger partial charge in [-0.05, 0) is 57.8 Å². The lowest BCUT2D eigenvalue weighted by atomic mass is 10.0. The largest absolute Gasteiger partial charge is 0.466 e. The van der Waals surface area contributed by atoms with Gasteiger partial charge in [0.05, 0.1) is 25.4 Å². The van der Waals surface area contributed by atoms with Crippen molar-refractivity contribution in [2.75, 3.05) is 13.2 Å². The van der Waals surface area contributed by atoms with Crippen molar-refractivity contribution in [1.82, 2.24) is 5.32 Å². The quantitative estimate of drug-likeness (QED) is 0.0320. The molecule has 420 valence electrons. The van der Waals surface area contributed by atoms with Gasteiger partial charge in [-0.25, -0.2) is 0 Å². The molecule has 0 aliphatic rings. The molecule has 1 amide bonds. The number of esters is 1. The topological polar surface area (TPSA) is 95.9 Å². The van der Waals surface area contributed by atoms with Crippen LogP contribution in [0.5, 0.6) is 0 Å². The molecule has 3 N–H and O–H groups in total. The van der Waals surface area contributed by atoms with Crippen molar-refractivity contribution in [3.8, 4) is 0 Å². The second-order valence-electron chi connectivity index (χ2n) is 22.1. The van der Waals surface area contributed by atoms with Crippen LogP contribution in [0.1, 0.15) is 354 Å². The Morgan fingerprint density at radius 2 is 0.704 bits per heavy atom. The predicted molar refractivity (Wildman–Crippen MR) is 310 cm³/mol. The average molecular weight is 1000 g/mol. The molecule has 0 fully saturated rings. The third-order valence-corrected chi connectivity index (χ3v) is 15.0. The highest BCUT2D eigenvalue weighted by Crippen LogP contribution is 2.18. The molecule has 2 unspecified atom stereocenters. The Bertz CT molecular complexity index is 1110. The molecular weight excluding hydrogens is 875 g/mol. The first kappa shape index (κ1) is 69.3. The molecule has 0 saturated carbocycles. The first-order chi connectivity index (χ1) is 35.0. The lowest BCUT2D eigenvalue weighted by Crippen LogP contribution is -2.45. The van der Waals surface area contributed by atoms with Crippen molar-refractivity contribution in [2.45, 2.75) is 366 Å². The number of hydrogen-bond acceptors (Lipinski definition) is 5. The number of hydrogen-bond donors (Lipinski definition) is 3. The van der Waals surface area contributed by atoms with E-state index in [2.05, 4.69) is 43.5 Å². The molecule has 0 aliphatic heterocycles. The zero-order chi connectivity index (χ0) is 51.4. The Labute approximate surface area is 443 Å². The molecule has 0 radical (unpaired) electrons. The van der Waals surface area contributed by atoms with E-state index in [0.29, 0.717) is 25.9 Å². The Morgan fingerprint density at radius 1 is 0.394 bits per heavy atom. The van der Waals surface area contributed by atoms with Gasteiger partial charge in [-0.15, -0.1) is 0 Å². The summed E-state index contributed by atoms with van der Waals surface area (Å²) in [5.41, 5.74) is 0. The van der Waals surface area contributed by atoms with Crippen LogP contribution in [0, 0.1) is 0 Å². The highest BCUT2D eigenvalue weighted by molar-refractivity contribution is 5.76. The highest BCUT2D eigenvalue weighted by atomic mass is 16.5. The summed E-state index contributed by atoms with van der Waals surface area (Å²) in [4.78, 5) is 24.6. The minimum absolute atomic E-state index is 0.00931. The third-order valence-electron chi connectivity index (χ3n) is 15.0. The number of carbonyl (C=O) groups excluding carboxylic acids is 2.